The summed E-state index contributed by atoms with van der Waals surface area (Å²) in [5.41, 5.74) is 3.44. The number of nitrogens with one attached hydrogen (secondary N) is 2. The Labute approximate surface area is 137 Å². The van der Waals surface area contributed by atoms with Crippen molar-refractivity contribution in [1.82, 2.24) is 14.6 Å². The van der Waals surface area contributed by atoms with Crippen molar-refractivity contribution in [2.45, 2.75) is 18.9 Å². The van der Waals surface area contributed by atoms with Gasteiger partial charge in [-0.2, -0.15) is 0 Å². The van der Waals surface area contributed by atoms with Gasteiger partial charge >= 0.3 is 0 Å². The smallest absolute Gasteiger partial charge is 0.209 e. The predicted molar refractivity (Wildman–Crippen MR) is 92.1 cm³/mol. The van der Waals surface area contributed by atoms with Crippen LogP contribution in [0.4, 0.5) is 0 Å². The Bertz CT molecular complexity index is 757. The minimum Gasteiger partial charge on any atom is -0.361 e. The number of halogens is 1. The predicted octanol–water partition coefficient (Wildman–Crippen LogP) is 2.06. The van der Waals surface area contributed by atoms with Gasteiger partial charge in [-0.05, 0) is 49.2 Å². The highest BCUT2D eigenvalue weighted by atomic mass is 35.5. The van der Waals surface area contributed by atoms with Gasteiger partial charge in [-0.1, -0.05) is 6.07 Å². The monoisotopic (exact) mass is 343 g/mol. The lowest BCUT2D eigenvalue weighted by molar-refractivity contribution is 0.412. The number of aromatic nitrogens is 1. The van der Waals surface area contributed by atoms with E-state index in [1.165, 1.54) is 23.6 Å². The first-order valence-electron chi connectivity index (χ1n) is 7.15. The molecule has 0 amide bonds. The molecule has 0 aliphatic carbocycles. The van der Waals surface area contributed by atoms with Gasteiger partial charge in [0, 0.05) is 30.2 Å². The van der Waals surface area contributed by atoms with Gasteiger partial charge < -0.3 is 9.88 Å². The number of aromatic amines is 1. The van der Waals surface area contributed by atoms with Crippen LogP contribution >= 0.6 is 12.4 Å². The second kappa shape index (κ2) is 6.58. The Kier molecular flexibility index (Phi) is 5.17. The molecule has 1 aromatic carbocycles. The summed E-state index contributed by atoms with van der Waals surface area (Å²) in [5.74, 6) is 0.557. The quantitative estimate of drug-likeness (QED) is 0.893. The lowest BCUT2D eigenvalue weighted by Gasteiger charge is -2.10. The summed E-state index contributed by atoms with van der Waals surface area (Å²) in [4.78, 5) is 5.67. The summed E-state index contributed by atoms with van der Waals surface area (Å²) in [6, 6.07) is 6.08. The molecule has 0 radical (unpaired) electrons. The molecule has 0 spiro atoms. The van der Waals surface area contributed by atoms with Gasteiger partial charge in [-0.3, -0.25) is 0 Å². The van der Waals surface area contributed by atoms with Crippen LogP contribution in [0.3, 0.4) is 0 Å². The van der Waals surface area contributed by atoms with E-state index in [2.05, 4.69) is 33.9 Å². The van der Waals surface area contributed by atoms with Crippen molar-refractivity contribution in [3.8, 4) is 0 Å². The second-order valence-electron chi connectivity index (χ2n) is 5.97. The zero-order chi connectivity index (χ0) is 15.0. The molecule has 1 aliphatic rings. The van der Waals surface area contributed by atoms with Crippen molar-refractivity contribution >= 4 is 33.3 Å². The number of fused-ring (bicyclic) bond motifs is 1. The van der Waals surface area contributed by atoms with Gasteiger partial charge in [0.15, 0.2) is 0 Å². The van der Waals surface area contributed by atoms with E-state index in [-0.39, 0.29) is 12.4 Å². The maximum Gasteiger partial charge on any atom is 0.209 e. The minimum atomic E-state index is -3.16. The summed E-state index contributed by atoms with van der Waals surface area (Å²) in [6.07, 6.45) is 4.46. The molecule has 3 rings (SSSR count). The highest BCUT2D eigenvalue weighted by molar-refractivity contribution is 7.88. The Balaban J connectivity index is 0.00000176. The van der Waals surface area contributed by atoms with Crippen molar-refractivity contribution in [3.05, 3.63) is 35.5 Å². The van der Waals surface area contributed by atoms with Crippen LogP contribution in [-0.2, 0) is 16.6 Å². The molecule has 0 bridgehead atoms. The average molecular weight is 344 g/mol. The molecule has 2 heterocycles. The Morgan fingerprint density at radius 1 is 1.41 bits per heavy atom. The number of hydrogen-bond donors (Lipinski definition) is 2. The maximum absolute atomic E-state index is 11.2. The number of sulfonamides is 1. The van der Waals surface area contributed by atoms with Crippen LogP contribution in [0.15, 0.2) is 24.4 Å². The molecule has 1 unspecified atom stereocenters. The molecule has 1 saturated heterocycles. The molecule has 1 aliphatic heterocycles. The fourth-order valence-corrected chi connectivity index (χ4v) is 3.47. The maximum atomic E-state index is 11.2. The third-order valence-corrected chi connectivity index (χ3v) is 4.82. The molecular weight excluding hydrogens is 322 g/mol. The Morgan fingerprint density at radius 3 is 2.82 bits per heavy atom. The van der Waals surface area contributed by atoms with Crippen LogP contribution in [0.1, 0.15) is 23.5 Å². The van der Waals surface area contributed by atoms with Crippen molar-refractivity contribution < 1.29 is 8.42 Å². The van der Waals surface area contributed by atoms with E-state index in [9.17, 15) is 8.42 Å². The number of H-pyrrole nitrogens is 1. The molecule has 1 fully saturated rings. The van der Waals surface area contributed by atoms with Gasteiger partial charge in [0.1, 0.15) is 0 Å². The SMILES string of the molecule is CN1CCC(c2c[nH]c3ccc(CNS(C)(=O)=O)cc23)C1.Cl. The van der Waals surface area contributed by atoms with E-state index in [1.54, 1.807) is 0 Å². The summed E-state index contributed by atoms with van der Waals surface area (Å²) in [7, 11) is -1.01. The number of benzene rings is 1. The zero-order valence-corrected chi connectivity index (χ0v) is 14.4. The molecule has 7 heteroatoms. The second-order valence-corrected chi connectivity index (χ2v) is 7.80. The van der Waals surface area contributed by atoms with E-state index in [0.717, 1.165) is 24.2 Å². The summed E-state index contributed by atoms with van der Waals surface area (Å²) in [6.45, 7) is 2.55. The van der Waals surface area contributed by atoms with E-state index in [4.69, 9.17) is 0 Å². The fourth-order valence-electron chi connectivity index (χ4n) is 3.04. The first-order chi connectivity index (χ1) is 9.92. The molecule has 2 N–H and O–H groups in total. The van der Waals surface area contributed by atoms with Gasteiger partial charge in [0.2, 0.25) is 10.0 Å². The van der Waals surface area contributed by atoms with Crippen molar-refractivity contribution in [1.29, 1.82) is 0 Å². The van der Waals surface area contributed by atoms with Gasteiger partial charge in [-0.15, -0.1) is 12.4 Å². The fraction of sp³-hybridized carbons (Fsp3) is 0.467. The molecule has 1 atom stereocenters. The lowest BCUT2D eigenvalue weighted by atomic mass is 9.97. The lowest BCUT2D eigenvalue weighted by Crippen LogP contribution is -2.21. The van der Waals surface area contributed by atoms with Gasteiger partial charge in [0.05, 0.1) is 6.26 Å². The highest BCUT2D eigenvalue weighted by Gasteiger charge is 2.23. The van der Waals surface area contributed by atoms with E-state index in [1.807, 2.05) is 12.1 Å². The standard InChI is InChI=1S/C15H21N3O2S.ClH/c1-18-6-5-12(10-18)14-9-16-15-4-3-11(7-13(14)15)8-17-21(2,19)20;/h3-4,7,9,12,16-17H,5-6,8,10H2,1-2H3;1H. The van der Waals surface area contributed by atoms with Crippen LogP contribution in [0.5, 0.6) is 0 Å². The van der Waals surface area contributed by atoms with E-state index in [0.29, 0.717) is 12.5 Å². The van der Waals surface area contributed by atoms with E-state index < -0.39 is 10.0 Å². The van der Waals surface area contributed by atoms with Crippen molar-refractivity contribution in [2.24, 2.45) is 0 Å². The number of nitrogens with zero attached hydrogens (tertiary/aromatic N) is 1. The molecule has 1 aromatic heterocycles. The molecular formula is C15H22ClN3O2S. The summed E-state index contributed by atoms with van der Waals surface area (Å²) < 4.78 is 25.0. The van der Waals surface area contributed by atoms with Crippen LogP contribution < -0.4 is 4.72 Å². The molecule has 22 heavy (non-hydrogen) atoms. The van der Waals surface area contributed by atoms with Crippen LogP contribution in [-0.4, -0.2) is 44.7 Å². The average Bonchev–Trinajstić information content (AvgIpc) is 3.01. The Hall–Kier alpha value is -1.08. The highest BCUT2D eigenvalue weighted by Crippen LogP contribution is 2.32. The van der Waals surface area contributed by atoms with Gasteiger partial charge in [-0.25, -0.2) is 13.1 Å². The van der Waals surface area contributed by atoms with Gasteiger partial charge in [0.25, 0.3) is 0 Å². The molecule has 2 aromatic rings. The van der Waals surface area contributed by atoms with Crippen LogP contribution in [0.2, 0.25) is 0 Å². The third kappa shape index (κ3) is 3.81. The van der Waals surface area contributed by atoms with Crippen molar-refractivity contribution in [2.75, 3.05) is 26.4 Å². The Morgan fingerprint density at radius 2 is 2.18 bits per heavy atom. The largest absolute Gasteiger partial charge is 0.361 e. The topological polar surface area (TPSA) is 65.2 Å². The molecule has 5 nitrogen and oxygen atoms in total. The molecule has 0 saturated carbocycles. The summed E-state index contributed by atoms with van der Waals surface area (Å²) in [5, 5.41) is 1.21. The van der Waals surface area contributed by atoms with Crippen molar-refractivity contribution in [3.63, 3.8) is 0 Å². The number of rotatable bonds is 4. The van der Waals surface area contributed by atoms with E-state index >= 15 is 0 Å². The molecule has 122 valence electrons. The summed E-state index contributed by atoms with van der Waals surface area (Å²) >= 11 is 0. The number of hydrogen-bond acceptors (Lipinski definition) is 3. The first kappa shape index (κ1) is 17.3. The van der Waals surface area contributed by atoms with Crippen LogP contribution in [0, 0.1) is 0 Å². The zero-order valence-electron chi connectivity index (χ0n) is 12.8. The number of likely N-dealkylation sites (tertiary alicyclic amines) is 1. The number of likely N-dealkylation sites (N-methyl/N-ethyl adjacent to an activating group) is 1. The normalized spacial score (nSPS) is 19.5. The van der Waals surface area contributed by atoms with Crippen LogP contribution in [0.25, 0.3) is 10.9 Å². The first-order valence-corrected chi connectivity index (χ1v) is 9.04. The third-order valence-electron chi connectivity index (χ3n) is 4.15. The minimum absolute atomic E-state index is 0.